The third-order valence-electron chi connectivity index (χ3n) is 3.34. The molecule has 21 heavy (non-hydrogen) atoms. The fourth-order valence-corrected chi connectivity index (χ4v) is 2.47. The molecule has 0 aliphatic carbocycles. The number of ether oxygens (including phenoxy) is 1. The van der Waals surface area contributed by atoms with E-state index in [1.807, 2.05) is 0 Å². The van der Waals surface area contributed by atoms with Gasteiger partial charge < -0.3 is 10.1 Å². The van der Waals surface area contributed by atoms with Gasteiger partial charge in [0.1, 0.15) is 6.61 Å². The largest absolute Gasteiger partial charge is 0.489 e. The lowest BCUT2D eigenvalue weighted by Crippen LogP contribution is -2.27. The van der Waals surface area contributed by atoms with Crippen molar-refractivity contribution in [3.05, 3.63) is 65.0 Å². The molecule has 0 radical (unpaired) electrons. The Kier molecular flexibility index (Phi) is 5.34. The maximum absolute atomic E-state index is 13.6. The maximum atomic E-state index is 13.6. The number of nitrogens with one attached hydrogen (secondary N) is 1. The Labute approximate surface area is 126 Å². The normalized spacial score (nSPS) is 12.2. The number of rotatable bonds is 6. The summed E-state index contributed by atoms with van der Waals surface area (Å²) in [5.41, 5.74) is 3.61. The minimum Gasteiger partial charge on any atom is -0.489 e. The molecule has 112 valence electrons. The molecule has 0 bridgehead atoms. The summed E-state index contributed by atoms with van der Waals surface area (Å²) < 4.78 is 19.3. The van der Waals surface area contributed by atoms with Gasteiger partial charge in [0.15, 0.2) is 11.6 Å². The molecule has 0 aromatic heterocycles. The van der Waals surface area contributed by atoms with Crippen LogP contribution >= 0.6 is 0 Å². The van der Waals surface area contributed by atoms with E-state index in [0.29, 0.717) is 12.4 Å². The van der Waals surface area contributed by atoms with E-state index in [1.165, 1.54) is 22.8 Å². The number of likely N-dealkylation sites (N-methyl/N-ethyl adjacent to an activating group) is 1. The summed E-state index contributed by atoms with van der Waals surface area (Å²) in [5, 5.41) is 3.40. The second kappa shape index (κ2) is 7.23. The average Bonchev–Trinajstić information content (AvgIpc) is 2.44. The Morgan fingerprint density at radius 3 is 2.38 bits per heavy atom. The van der Waals surface area contributed by atoms with Gasteiger partial charge in [-0.05, 0) is 38.1 Å². The second-order valence-corrected chi connectivity index (χ2v) is 5.27. The first-order valence-electron chi connectivity index (χ1n) is 7.29. The summed E-state index contributed by atoms with van der Waals surface area (Å²) in [6.45, 7) is 7.45. The van der Waals surface area contributed by atoms with Crippen molar-refractivity contribution in [3.8, 4) is 5.75 Å². The fraction of sp³-hybridized carbons (Fsp3) is 0.333. The van der Waals surface area contributed by atoms with E-state index in [9.17, 15) is 4.39 Å². The van der Waals surface area contributed by atoms with Gasteiger partial charge in [-0.15, -0.1) is 0 Å². The lowest BCUT2D eigenvalue weighted by Gasteiger charge is -2.20. The van der Waals surface area contributed by atoms with Crippen LogP contribution in [0.25, 0.3) is 0 Å². The summed E-state index contributed by atoms with van der Waals surface area (Å²) in [7, 11) is 0. The monoisotopic (exact) mass is 287 g/mol. The summed E-state index contributed by atoms with van der Waals surface area (Å²) in [4.78, 5) is 0. The van der Waals surface area contributed by atoms with Crippen molar-refractivity contribution in [2.45, 2.75) is 26.8 Å². The van der Waals surface area contributed by atoms with Gasteiger partial charge in [-0.2, -0.15) is 0 Å². The highest BCUT2D eigenvalue weighted by Crippen LogP contribution is 2.21. The van der Waals surface area contributed by atoms with Crippen LogP contribution in [0, 0.1) is 19.7 Å². The standard InChI is InChI=1S/C18H22FNO/c1-4-20-17(15-10-13(2)9-14(3)11-15)12-21-18-8-6-5-7-16(18)19/h5-11,17,20H,4,12H2,1-3H3. The molecular weight excluding hydrogens is 265 g/mol. The molecule has 0 aliphatic heterocycles. The van der Waals surface area contributed by atoms with Gasteiger partial charge in [0.2, 0.25) is 0 Å². The Balaban J connectivity index is 2.14. The lowest BCUT2D eigenvalue weighted by atomic mass is 10.0. The van der Waals surface area contributed by atoms with Crippen molar-refractivity contribution in [1.29, 1.82) is 0 Å². The van der Waals surface area contributed by atoms with Crippen LogP contribution in [-0.2, 0) is 0 Å². The van der Waals surface area contributed by atoms with E-state index >= 15 is 0 Å². The predicted octanol–water partition coefficient (Wildman–Crippen LogP) is 4.17. The van der Waals surface area contributed by atoms with E-state index < -0.39 is 0 Å². The number of aryl methyl sites for hydroxylation is 2. The molecule has 0 saturated heterocycles. The van der Waals surface area contributed by atoms with Crippen molar-refractivity contribution in [2.75, 3.05) is 13.2 Å². The Morgan fingerprint density at radius 1 is 1.10 bits per heavy atom. The zero-order valence-electron chi connectivity index (χ0n) is 12.8. The molecule has 1 unspecified atom stereocenters. The van der Waals surface area contributed by atoms with Crippen molar-refractivity contribution in [2.24, 2.45) is 0 Å². The van der Waals surface area contributed by atoms with E-state index in [0.717, 1.165) is 6.54 Å². The molecule has 2 rings (SSSR count). The highest BCUT2D eigenvalue weighted by atomic mass is 19.1. The zero-order valence-corrected chi connectivity index (χ0v) is 12.8. The maximum Gasteiger partial charge on any atom is 0.165 e. The van der Waals surface area contributed by atoms with Crippen LogP contribution in [0.3, 0.4) is 0 Å². The van der Waals surface area contributed by atoms with Crippen LogP contribution in [0.15, 0.2) is 42.5 Å². The Morgan fingerprint density at radius 2 is 1.76 bits per heavy atom. The second-order valence-electron chi connectivity index (χ2n) is 5.27. The highest BCUT2D eigenvalue weighted by molar-refractivity contribution is 5.31. The molecule has 0 amide bonds. The molecule has 2 nitrogen and oxygen atoms in total. The molecule has 0 heterocycles. The predicted molar refractivity (Wildman–Crippen MR) is 84.2 cm³/mol. The van der Waals surface area contributed by atoms with Crippen molar-refractivity contribution in [3.63, 3.8) is 0 Å². The fourth-order valence-electron chi connectivity index (χ4n) is 2.47. The molecule has 0 spiro atoms. The average molecular weight is 287 g/mol. The van der Waals surface area contributed by atoms with Crippen LogP contribution in [0.5, 0.6) is 5.75 Å². The van der Waals surface area contributed by atoms with Crippen LogP contribution in [-0.4, -0.2) is 13.2 Å². The molecule has 0 aliphatic rings. The SMILES string of the molecule is CCNC(COc1ccccc1F)c1cc(C)cc(C)c1. The quantitative estimate of drug-likeness (QED) is 0.861. The molecule has 2 aromatic carbocycles. The van der Waals surface area contributed by atoms with E-state index in [1.54, 1.807) is 18.2 Å². The molecule has 0 fully saturated rings. The highest BCUT2D eigenvalue weighted by Gasteiger charge is 2.13. The van der Waals surface area contributed by atoms with Crippen LogP contribution < -0.4 is 10.1 Å². The van der Waals surface area contributed by atoms with Crippen molar-refractivity contribution in [1.82, 2.24) is 5.32 Å². The number of benzene rings is 2. The first kappa shape index (κ1) is 15.5. The first-order valence-corrected chi connectivity index (χ1v) is 7.29. The van der Waals surface area contributed by atoms with Gasteiger partial charge in [-0.3, -0.25) is 0 Å². The van der Waals surface area contributed by atoms with Gasteiger partial charge in [0.25, 0.3) is 0 Å². The van der Waals surface area contributed by atoms with Crippen LogP contribution in [0.2, 0.25) is 0 Å². The Bertz CT molecular complexity index is 577. The van der Waals surface area contributed by atoms with Gasteiger partial charge in [0.05, 0.1) is 6.04 Å². The van der Waals surface area contributed by atoms with Gasteiger partial charge >= 0.3 is 0 Å². The number of hydrogen-bond acceptors (Lipinski definition) is 2. The van der Waals surface area contributed by atoms with E-state index in [2.05, 4.69) is 44.3 Å². The van der Waals surface area contributed by atoms with Crippen molar-refractivity contribution >= 4 is 0 Å². The summed E-state index contributed by atoms with van der Waals surface area (Å²) in [6, 6.07) is 13.0. The van der Waals surface area contributed by atoms with Crippen LogP contribution in [0.1, 0.15) is 29.7 Å². The van der Waals surface area contributed by atoms with Gasteiger partial charge in [-0.25, -0.2) is 4.39 Å². The third-order valence-corrected chi connectivity index (χ3v) is 3.34. The van der Waals surface area contributed by atoms with E-state index in [-0.39, 0.29) is 11.9 Å². The smallest absolute Gasteiger partial charge is 0.165 e. The molecule has 1 atom stereocenters. The third kappa shape index (κ3) is 4.30. The Hall–Kier alpha value is -1.87. The minimum atomic E-state index is -0.326. The first-order chi connectivity index (χ1) is 10.1. The molecular formula is C18H22FNO. The van der Waals surface area contributed by atoms with Crippen molar-refractivity contribution < 1.29 is 9.13 Å². The van der Waals surface area contributed by atoms with Crippen LogP contribution in [0.4, 0.5) is 4.39 Å². The van der Waals surface area contributed by atoms with Gasteiger partial charge in [0, 0.05) is 0 Å². The number of hydrogen-bond donors (Lipinski definition) is 1. The number of halogens is 1. The number of para-hydroxylation sites is 1. The molecule has 1 N–H and O–H groups in total. The minimum absolute atomic E-state index is 0.0493. The summed E-state index contributed by atoms with van der Waals surface area (Å²) in [5.74, 6) is -0.0297. The summed E-state index contributed by atoms with van der Waals surface area (Å²) in [6.07, 6.45) is 0. The summed E-state index contributed by atoms with van der Waals surface area (Å²) >= 11 is 0. The lowest BCUT2D eigenvalue weighted by molar-refractivity contribution is 0.257. The zero-order chi connectivity index (χ0) is 15.2. The molecule has 0 saturated carbocycles. The topological polar surface area (TPSA) is 21.3 Å². The molecule has 3 heteroatoms. The van der Waals surface area contributed by atoms with Gasteiger partial charge in [-0.1, -0.05) is 48.4 Å². The van der Waals surface area contributed by atoms with E-state index in [4.69, 9.17) is 4.74 Å². The molecule has 2 aromatic rings.